The molecule has 2 fully saturated rings. The Balaban J connectivity index is 2.41. The van der Waals surface area contributed by atoms with Crippen molar-refractivity contribution in [2.75, 3.05) is 26.9 Å². The molecular weight excluding hydrogens is 868 g/mol. The monoisotopic (exact) mass is 924 g/mol. The Bertz CT molecular complexity index is 1540. The molecule has 18 atom stereocenters. The zero-order valence-corrected chi connectivity index (χ0v) is 34.3. The highest BCUT2D eigenvalue weighted by atomic mass is 32.3. The van der Waals surface area contributed by atoms with E-state index in [9.17, 15) is 82.0 Å². The van der Waals surface area contributed by atoms with E-state index in [-0.39, 0.29) is 6.61 Å². The van der Waals surface area contributed by atoms with E-state index in [1.54, 1.807) is 0 Å². The number of hydrogen-bond acceptors (Lipinski definition) is 23. The minimum absolute atomic E-state index is 0.0405. The summed E-state index contributed by atoms with van der Waals surface area (Å²) in [5.74, 6) is -6.15. The molecule has 27 nitrogen and oxygen atoms in total. The molecule has 2 rings (SSSR count). The number of methoxy groups -OCH3 is 1. The van der Waals surface area contributed by atoms with E-state index in [1.165, 1.54) is 13.8 Å². The van der Waals surface area contributed by atoms with Crippen molar-refractivity contribution in [2.24, 2.45) is 11.8 Å². The van der Waals surface area contributed by atoms with Crippen molar-refractivity contribution < 1.29 is 128 Å². The number of carboxylic acids is 2. The minimum atomic E-state index is -5.28. The van der Waals surface area contributed by atoms with Crippen LogP contribution in [0.1, 0.15) is 46.5 Å². The van der Waals surface area contributed by atoms with Gasteiger partial charge in [0.2, 0.25) is 0 Å². The Labute approximate surface area is 344 Å². The fourth-order valence-electron chi connectivity index (χ4n) is 6.08. The second-order valence-corrected chi connectivity index (χ2v) is 16.2. The van der Waals surface area contributed by atoms with E-state index < -0.39 is 163 Å². The number of unbranched alkanes of at least 4 members (excludes halogenated alkanes) is 2. The minimum Gasteiger partial charge on any atom is -0.481 e. The predicted molar refractivity (Wildman–Crippen MR) is 189 cm³/mol. The number of hydrogen-bond donors (Lipinski definition) is 12. The van der Waals surface area contributed by atoms with Gasteiger partial charge >= 0.3 is 32.7 Å². The molecule has 0 radical (unpaired) electrons. The summed E-state index contributed by atoms with van der Waals surface area (Å²) >= 11 is 0. The van der Waals surface area contributed by atoms with E-state index in [0.717, 1.165) is 13.5 Å². The van der Waals surface area contributed by atoms with Gasteiger partial charge in [-0.3, -0.25) is 13.9 Å². The first-order chi connectivity index (χ1) is 27.7. The highest BCUT2D eigenvalue weighted by Gasteiger charge is 2.51. The summed E-state index contributed by atoms with van der Waals surface area (Å²) in [4.78, 5) is 23.9. The third-order valence-corrected chi connectivity index (χ3v) is 10.4. The summed E-state index contributed by atoms with van der Waals surface area (Å²) in [7, 11) is -9.54. The Hall–Kier alpha value is -1.92. The van der Waals surface area contributed by atoms with Crippen molar-refractivity contribution in [3.05, 3.63) is 0 Å². The van der Waals surface area contributed by atoms with Gasteiger partial charge in [0.15, 0.2) is 31.3 Å². The first kappa shape index (κ1) is 54.2. The second kappa shape index (κ2) is 24.2. The van der Waals surface area contributed by atoms with Crippen LogP contribution in [-0.2, 0) is 71.9 Å². The summed E-state index contributed by atoms with van der Waals surface area (Å²) in [5, 5.41) is 106. The van der Waals surface area contributed by atoms with E-state index >= 15 is 0 Å². The highest BCUT2D eigenvalue weighted by Crippen LogP contribution is 2.34. The lowest BCUT2D eigenvalue weighted by Gasteiger charge is -2.46. The van der Waals surface area contributed by atoms with Crippen molar-refractivity contribution in [3.63, 3.8) is 0 Å². The summed E-state index contributed by atoms with van der Waals surface area (Å²) in [5.41, 5.74) is 0. The topological polar surface area (TPSA) is 428 Å². The average molecular weight is 925 g/mol. The smallest absolute Gasteiger partial charge is 0.397 e. The number of rotatable bonds is 27. The van der Waals surface area contributed by atoms with Gasteiger partial charge in [-0.2, -0.15) is 16.8 Å². The van der Waals surface area contributed by atoms with Crippen LogP contribution in [0.5, 0.6) is 0 Å². The Morgan fingerprint density at radius 2 is 1.23 bits per heavy atom. The van der Waals surface area contributed by atoms with E-state index in [2.05, 4.69) is 8.37 Å². The second-order valence-electron chi connectivity index (χ2n) is 14.0. The first-order valence-electron chi connectivity index (χ1n) is 18.3. The van der Waals surface area contributed by atoms with Crippen molar-refractivity contribution in [1.29, 1.82) is 0 Å². The molecule has 2 aliphatic heterocycles. The van der Waals surface area contributed by atoms with Crippen LogP contribution >= 0.6 is 0 Å². The molecule has 0 aliphatic carbocycles. The number of ether oxygens (including phenoxy) is 7. The van der Waals surface area contributed by atoms with Crippen LogP contribution in [0.25, 0.3) is 0 Å². The van der Waals surface area contributed by atoms with Crippen LogP contribution in [-0.4, -0.2) is 214 Å². The van der Waals surface area contributed by atoms with E-state index in [4.69, 9.17) is 37.7 Å². The Kier molecular flexibility index (Phi) is 21.9. The number of carboxylic acid groups (broad SMARTS) is 2. The number of carbonyl (C=O) groups is 2. The molecule has 29 heteroatoms. The molecule has 0 saturated carbocycles. The van der Waals surface area contributed by atoms with Gasteiger partial charge in [-0.25, -0.2) is 13.2 Å². The van der Waals surface area contributed by atoms with Crippen LogP contribution in [0.3, 0.4) is 0 Å². The maximum atomic E-state index is 12.2. The number of aliphatic hydroxyl groups is 8. The predicted octanol–water partition coefficient (Wildman–Crippen LogP) is -4.91. The molecule has 0 aromatic carbocycles. The van der Waals surface area contributed by atoms with Crippen molar-refractivity contribution in [3.8, 4) is 0 Å². The Morgan fingerprint density at radius 1 is 0.700 bits per heavy atom. The normalized spacial score (nSPS) is 32.0. The van der Waals surface area contributed by atoms with Gasteiger partial charge in [0.05, 0.1) is 37.9 Å². The zero-order chi connectivity index (χ0) is 45.9. The van der Waals surface area contributed by atoms with Crippen molar-refractivity contribution >= 4 is 32.7 Å². The van der Waals surface area contributed by atoms with Crippen molar-refractivity contribution in [2.45, 2.75) is 145 Å². The third kappa shape index (κ3) is 16.3. The van der Waals surface area contributed by atoms with Gasteiger partial charge in [0, 0.05) is 25.6 Å². The van der Waals surface area contributed by atoms with Gasteiger partial charge in [0.25, 0.3) is 0 Å². The average Bonchev–Trinajstić information content (AvgIpc) is 3.15. The highest BCUT2D eigenvalue weighted by molar-refractivity contribution is 7.81. The molecule has 0 aromatic rings. The molecule has 60 heavy (non-hydrogen) atoms. The molecule has 18 unspecified atom stereocenters. The molecule has 2 saturated heterocycles. The molecular formula is C31H56O27S2. The molecule has 0 amide bonds. The summed E-state index contributed by atoms with van der Waals surface area (Å²) in [6, 6.07) is 0. The van der Waals surface area contributed by atoms with Crippen LogP contribution in [0.15, 0.2) is 0 Å². The van der Waals surface area contributed by atoms with Gasteiger partial charge in [-0.05, 0) is 6.42 Å². The third-order valence-electron chi connectivity index (χ3n) is 9.51. The summed E-state index contributed by atoms with van der Waals surface area (Å²) < 4.78 is 110. The number of aliphatic hydroxyl groups excluding tert-OH is 8. The first-order valence-corrected chi connectivity index (χ1v) is 21.0. The molecule has 0 spiro atoms. The largest absolute Gasteiger partial charge is 0.481 e. The van der Waals surface area contributed by atoms with Gasteiger partial charge < -0.3 is 84.2 Å². The standard InChI is InChI=1S/C31H56O27S2/c1-5-6-7-8-51-28(42)22(38)20(36)14(9-17(32)33)54-30-13(3)19(35)24(16(56-30)11-53-60(47,48)49)57-29(43)23(39)25(26(50-4)27(40)41)58-31-12(2)18(34)21(37)15(55-31)10-52-59(44,45)46/h12-16,18-26,28-31,34-39,42-43H,5-11H2,1-4H3,(H,32,33)(H,40,41)(H,44,45,46)(H,47,48,49). The molecule has 2 aliphatic rings. The fourth-order valence-corrected chi connectivity index (χ4v) is 6.69. The van der Waals surface area contributed by atoms with Gasteiger partial charge in [-0.1, -0.05) is 33.6 Å². The number of aliphatic carboxylic acids is 2. The summed E-state index contributed by atoms with van der Waals surface area (Å²) in [6.07, 6.45) is -32.3. The molecule has 354 valence electrons. The fraction of sp³-hybridized carbons (Fsp3) is 0.935. The van der Waals surface area contributed by atoms with Crippen LogP contribution in [0.2, 0.25) is 0 Å². The van der Waals surface area contributed by atoms with E-state index in [0.29, 0.717) is 12.8 Å². The van der Waals surface area contributed by atoms with Crippen LogP contribution in [0, 0.1) is 11.8 Å². The van der Waals surface area contributed by atoms with E-state index in [1.807, 2.05) is 6.92 Å². The zero-order valence-electron chi connectivity index (χ0n) is 32.6. The van der Waals surface area contributed by atoms with Gasteiger partial charge in [0.1, 0.15) is 48.8 Å². The van der Waals surface area contributed by atoms with Gasteiger partial charge in [-0.15, -0.1) is 0 Å². The SMILES string of the molecule is CCCCCOC(O)C(O)C(O)C(CC(=O)O)OC1OC(COS(=O)(=O)O)C(OC(O)C(O)C(OC2OC(COS(=O)(=O)O)C(O)C(O)C2C)C(OC)C(=O)O)C(O)C1C. The maximum Gasteiger partial charge on any atom is 0.397 e. The molecule has 2 heterocycles. The lowest BCUT2D eigenvalue weighted by molar-refractivity contribution is -0.343. The van der Waals surface area contributed by atoms with Crippen molar-refractivity contribution in [1.82, 2.24) is 0 Å². The molecule has 12 N–H and O–H groups in total. The molecule has 0 aromatic heterocycles. The summed E-state index contributed by atoms with van der Waals surface area (Å²) in [6.45, 7) is 1.88. The Morgan fingerprint density at radius 3 is 1.75 bits per heavy atom. The lowest BCUT2D eigenvalue weighted by Crippen LogP contribution is -2.61. The lowest BCUT2D eigenvalue weighted by atomic mass is 9.91. The van der Waals surface area contributed by atoms with Crippen LogP contribution < -0.4 is 0 Å². The van der Waals surface area contributed by atoms with Crippen LogP contribution in [0.4, 0.5) is 0 Å². The molecule has 0 bridgehead atoms. The quantitative estimate of drug-likeness (QED) is 0.0209. The maximum absolute atomic E-state index is 12.2.